The number of hydrogen-bond acceptors (Lipinski definition) is 6. The standard InChI is InChI=1S/C23H20F2N6O3/c24-16-3-1-15(2-4-16)21(32)29-9-7-23(34,8-10-29)13-30-14-27-20-18(22(30)33)12-28-31(20)17-5-6-19(25)26-11-17/h1-6,11-12,14,34H,7-10,13H2. The van der Waals surface area contributed by atoms with E-state index in [1.54, 1.807) is 4.90 Å². The van der Waals surface area contributed by atoms with E-state index in [4.69, 9.17) is 0 Å². The van der Waals surface area contributed by atoms with Gasteiger partial charge in [0.1, 0.15) is 17.5 Å². The lowest BCUT2D eigenvalue weighted by Crippen LogP contribution is -2.49. The minimum Gasteiger partial charge on any atom is -0.388 e. The molecule has 9 nitrogen and oxygen atoms in total. The molecule has 1 amide bonds. The van der Waals surface area contributed by atoms with Gasteiger partial charge in [0.05, 0.1) is 30.2 Å². The summed E-state index contributed by atoms with van der Waals surface area (Å²) in [6.45, 7) is 0.607. The van der Waals surface area contributed by atoms with Gasteiger partial charge in [0, 0.05) is 18.7 Å². The lowest BCUT2D eigenvalue weighted by molar-refractivity contribution is -0.0299. The van der Waals surface area contributed by atoms with Crippen molar-refractivity contribution in [2.24, 2.45) is 0 Å². The van der Waals surface area contributed by atoms with E-state index in [9.17, 15) is 23.5 Å². The molecule has 1 N–H and O–H groups in total. The van der Waals surface area contributed by atoms with E-state index in [0.717, 1.165) is 0 Å². The number of rotatable bonds is 4. The SMILES string of the molecule is O=C(c1ccc(F)cc1)N1CCC(O)(Cn2cnc3c(cnn3-c3ccc(F)nc3)c2=O)CC1. The van der Waals surface area contributed by atoms with E-state index in [1.807, 2.05) is 0 Å². The third-order valence-corrected chi connectivity index (χ3v) is 6.05. The van der Waals surface area contributed by atoms with Crippen molar-refractivity contribution in [3.05, 3.63) is 82.8 Å². The molecule has 1 aromatic carbocycles. The van der Waals surface area contributed by atoms with Crippen LogP contribution in [0.15, 0.2) is 59.9 Å². The summed E-state index contributed by atoms with van der Waals surface area (Å²) in [6.07, 6.45) is 4.54. The lowest BCUT2D eigenvalue weighted by atomic mass is 9.91. The van der Waals surface area contributed by atoms with Gasteiger partial charge in [-0.15, -0.1) is 0 Å². The molecule has 0 radical (unpaired) electrons. The van der Waals surface area contributed by atoms with E-state index < -0.39 is 17.4 Å². The summed E-state index contributed by atoms with van der Waals surface area (Å²) >= 11 is 0. The number of hydrogen-bond donors (Lipinski definition) is 1. The van der Waals surface area contributed by atoms with Crippen molar-refractivity contribution in [1.82, 2.24) is 29.2 Å². The van der Waals surface area contributed by atoms with Gasteiger partial charge in [0.15, 0.2) is 5.65 Å². The highest BCUT2D eigenvalue weighted by Crippen LogP contribution is 2.25. The molecule has 0 aliphatic carbocycles. The molecule has 0 bridgehead atoms. The Labute approximate surface area is 191 Å². The molecule has 34 heavy (non-hydrogen) atoms. The Morgan fingerprint density at radius 1 is 1.03 bits per heavy atom. The number of carbonyl (C=O) groups excluding carboxylic acids is 1. The number of benzene rings is 1. The summed E-state index contributed by atoms with van der Waals surface area (Å²) in [6, 6.07) is 8.00. The van der Waals surface area contributed by atoms with Crippen LogP contribution >= 0.6 is 0 Å². The van der Waals surface area contributed by atoms with Crippen LogP contribution in [-0.4, -0.2) is 58.9 Å². The van der Waals surface area contributed by atoms with Gasteiger partial charge in [-0.05, 0) is 49.2 Å². The quantitative estimate of drug-likeness (QED) is 0.461. The molecule has 5 rings (SSSR count). The molecular weight excluding hydrogens is 446 g/mol. The number of halogens is 2. The molecule has 4 heterocycles. The lowest BCUT2D eigenvalue weighted by Gasteiger charge is -2.38. The number of aromatic nitrogens is 5. The normalized spacial score (nSPS) is 15.6. The van der Waals surface area contributed by atoms with Crippen LogP contribution in [0.4, 0.5) is 8.78 Å². The molecule has 1 aliphatic rings. The van der Waals surface area contributed by atoms with Crippen molar-refractivity contribution in [1.29, 1.82) is 0 Å². The van der Waals surface area contributed by atoms with Gasteiger partial charge >= 0.3 is 0 Å². The summed E-state index contributed by atoms with van der Waals surface area (Å²) in [5.41, 5.74) is -0.440. The van der Waals surface area contributed by atoms with Crippen LogP contribution in [0, 0.1) is 11.8 Å². The predicted octanol–water partition coefficient (Wildman–Crippen LogP) is 1.92. The first kappa shape index (κ1) is 21.8. The van der Waals surface area contributed by atoms with E-state index in [1.165, 1.54) is 64.4 Å². The van der Waals surface area contributed by atoms with Gasteiger partial charge in [-0.3, -0.25) is 14.2 Å². The first-order valence-corrected chi connectivity index (χ1v) is 10.7. The largest absolute Gasteiger partial charge is 0.388 e. The molecule has 0 atom stereocenters. The topological polar surface area (TPSA) is 106 Å². The first-order chi connectivity index (χ1) is 16.3. The molecule has 11 heteroatoms. The summed E-state index contributed by atoms with van der Waals surface area (Å²) in [5.74, 6) is -1.28. The van der Waals surface area contributed by atoms with Gasteiger partial charge in [0.2, 0.25) is 5.95 Å². The number of amides is 1. The van der Waals surface area contributed by atoms with Crippen LogP contribution in [0.25, 0.3) is 16.7 Å². The first-order valence-electron chi connectivity index (χ1n) is 10.7. The summed E-state index contributed by atoms with van der Waals surface area (Å²) < 4.78 is 29.0. The predicted molar refractivity (Wildman–Crippen MR) is 117 cm³/mol. The van der Waals surface area contributed by atoms with E-state index in [0.29, 0.717) is 30.0 Å². The molecule has 174 valence electrons. The maximum Gasteiger partial charge on any atom is 0.264 e. The molecule has 1 fully saturated rings. The Bertz CT molecular complexity index is 1410. The highest BCUT2D eigenvalue weighted by Gasteiger charge is 2.35. The van der Waals surface area contributed by atoms with Crippen LogP contribution < -0.4 is 5.56 Å². The molecule has 3 aromatic heterocycles. The maximum absolute atomic E-state index is 13.1. The molecule has 1 aliphatic heterocycles. The number of pyridine rings is 1. The van der Waals surface area contributed by atoms with Crippen molar-refractivity contribution in [3.63, 3.8) is 0 Å². The fourth-order valence-electron chi connectivity index (χ4n) is 4.12. The fraction of sp³-hybridized carbons (Fsp3) is 0.261. The second-order valence-corrected chi connectivity index (χ2v) is 8.33. The third kappa shape index (κ3) is 4.05. The zero-order chi connectivity index (χ0) is 23.9. The van der Waals surface area contributed by atoms with Gasteiger partial charge in [-0.25, -0.2) is 19.0 Å². The van der Waals surface area contributed by atoms with E-state index >= 15 is 0 Å². The van der Waals surface area contributed by atoms with Gasteiger partial charge in [0.25, 0.3) is 11.5 Å². The smallest absolute Gasteiger partial charge is 0.264 e. The molecular formula is C23H20F2N6O3. The third-order valence-electron chi connectivity index (χ3n) is 6.05. The van der Waals surface area contributed by atoms with Crippen molar-refractivity contribution in [2.75, 3.05) is 13.1 Å². The van der Waals surface area contributed by atoms with Crippen molar-refractivity contribution < 1.29 is 18.7 Å². The highest BCUT2D eigenvalue weighted by molar-refractivity contribution is 5.94. The summed E-state index contributed by atoms with van der Waals surface area (Å²) in [7, 11) is 0. The van der Waals surface area contributed by atoms with Crippen LogP contribution in [0.1, 0.15) is 23.2 Å². The number of aliphatic hydroxyl groups is 1. The van der Waals surface area contributed by atoms with Gasteiger partial charge < -0.3 is 10.0 Å². The number of fused-ring (bicyclic) bond motifs is 1. The average molecular weight is 466 g/mol. The fourth-order valence-corrected chi connectivity index (χ4v) is 4.12. The second kappa shape index (κ2) is 8.41. The Morgan fingerprint density at radius 3 is 2.44 bits per heavy atom. The van der Waals surface area contributed by atoms with Crippen molar-refractivity contribution in [2.45, 2.75) is 25.0 Å². The minimum absolute atomic E-state index is 0.0106. The van der Waals surface area contributed by atoms with Crippen molar-refractivity contribution >= 4 is 16.9 Å². The molecule has 1 saturated heterocycles. The number of piperidine rings is 1. The zero-order valence-electron chi connectivity index (χ0n) is 17.9. The molecule has 0 unspecified atom stereocenters. The Kier molecular flexibility index (Phi) is 5.40. The summed E-state index contributed by atoms with van der Waals surface area (Å²) in [4.78, 5) is 35.2. The van der Waals surface area contributed by atoms with Crippen LogP contribution in [-0.2, 0) is 6.54 Å². The average Bonchev–Trinajstić information content (AvgIpc) is 3.27. The van der Waals surface area contributed by atoms with Crippen LogP contribution in [0.3, 0.4) is 0 Å². The van der Waals surface area contributed by atoms with E-state index in [-0.39, 0.29) is 36.2 Å². The maximum atomic E-state index is 13.1. The number of carbonyl (C=O) groups is 1. The van der Waals surface area contributed by atoms with Crippen molar-refractivity contribution in [3.8, 4) is 5.69 Å². The Morgan fingerprint density at radius 2 is 1.76 bits per heavy atom. The molecule has 4 aromatic rings. The number of nitrogens with zero attached hydrogens (tertiary/aromatic N) is 6. The summed E-state index contributed by atoms with van der Waals surface area (Å²) in [5, 5.41) is 15.5. The minimum atomic E-state index is -1.20. The second-order valence-electron chi connectivity index (χ2n) is 8.33. The molecule has 0 saturated carbocycles. The van der Waals surface area contributed by atoms with Gasteiger partial charge in [-0.2, -0.15) is 9.49 Å². The zero-order valence-corrected chi connectivity index (χ0v) is 17.9. The van der Waals surface area contributed by atoms with Gasteiger partial charge in [-0.1, -0.05) is 0 Å². The monoisotopic (exact) mass is 466 g/mol. The highest BCUT2D eigenvalue weighted by atomic mass is 19.1. The molecule has 0 spiro atoms. The Balaban J connectivity index is 1.32. The van der Waals surface area contributed by atoms with E-state index in [2.05, 4.69) is 15.1 Å². The van der Waals surface area contributed by atoms with Crippen LogP contribution in [0.2, 0.25) is 0 Å². The number of likely N-dealkylation sites (tertiary alicyclic amines) is 1. The van der Waals surface area contributed by atoms with Crippen LogP contribution in [0.5, 0.6) is 0 Å². The Hall–Kier alpha value is -3.99.